The smallest absolute Gasteiger partial charge is 0.262 e. The van der Waals surface area contributed by atoms with Crippen molar-refractivity contribution in [1.29, 1.82) is 0 Å². The third kappa shape index (κ3) is 2.48. The Morgan fingerprint density at radius 2 is 2.08 bits per heavy atom. The van der Waals surface area contributed by atoms with Crippen LogP contribution in [0.4, 0.5) is 0 Å². The molecule has 0 saturated carbocycles. The average molecular weight is 376 g/mol. The lowest BCUT2D eigenvalue weighted by Gasteiger charge is -2.06. The highest BCUT2D eigenvalue weighted by Crippen LogP contribution is 2.23. The van der Waals surface area contributed by atoms with E-state index >= 15 is 0 Å². The zero-order valence-corrected chi connectivity index (χ0v) is 15.3. The Labute approximate surface area is 148 Å². The van der Waals surface area contributed by atoms with Crippen LogP contribution in [0.5, 0.6) is 0 Å². The number of rotatable bonds is 3. The molecule has 0 bridgehead atoms. The van der Waals surface area contributed by atoms with E-state index in [0.29, 0.717) is 27.0 Å². The summed E-state index contributed by atoms with van der Waals surface area (Å²) in [6, 6.07) is 3.33. The lowest BCUT2D eigenvalue weighted by Crippen LogP contribution is -2.19. The van der Waals surface area contributed by atoms with E-state index < -0.39 is 0 Å². The first-order valence-corrected chi connectivity index (χ1v) is 9.83. The fourth-order valence-electron chi connectivity index (χ4n) is 2.42. The Hall–Kier alpha value is -1.97. The van der Waals surface area contributed by atoms with Crippen LogP contribution in [0.25, 0.3) is 15.2 Å². The van der Waals surface area contributed by atoms with Gasteiger partial charge in [-0.2, -0.15) is 0 Å². The van der Waals surface area contributed by atoms with Crippen LogP contribution in [0.3, 0.4) is 0 Å². The Morgan fingerprint density at radius 1 is 1.25 bits per heavy atom. The van der Waals surface area contributed by atoms with Gasteiger partial charge >= 0.3 is 0 Å². The topological polar surface area (TPSA) is 69.3 Å². The zero-order valence-electron chi connectivity index (χ0n) is 12.8. The second-order valence-electron chi connectivity index (χ2n) is 5.27. The molecule has 0 aromatic carbocycles. The van der Waals surface area contributed by atoms with Crippen molar-refractivity contribution in [2.75, 3.05) is 0 Å². The van der Waals surface area contributed by atoms with E-state index in [2.05, 4.69) is 9.97 Å². The van der Waals surface area contributed by atoms with E-state index in [-0.39, 0.29) is 11.1 Å². The normalized spacial score (nSPS) is 11.6. The predicted molar refractivity (Wildman–Crippen MR) is 98.5 cm³/mol. The summed E-state index contributed by atoms with van der Waals surface area (Å²) < 4.78 is 3.14. The van der Waals surface area contributed by atoms with Crippen LogP contribution in [-0.4, -0.2) is 18.9 Å². The van der Waals surface area contributed by atoms with Crippen LogP contribution < -0.4 is 11.1 Å². The maximum atomic E-state index is 12.3. The summed E-state index contributed by atoms with van der Waals surface area (Å²) >= 11 is 4.30. The zero-order chi connectivity index (χ0) is 16.8. The van der Waals surface area contributed by atoms with Gasteiger partial charge in [0.2, 0.25) is 0 Å². The molecule has 0 spiro atoms. The first kappa shape index (κ1) is 15.6. The van der Waals surface area contributed by atoms with Crippen molar-refractivity contribution in [3.05, 3.63) is 55.0 Å². The maximum Gasteiger partial charge on any atom is 0.262 e. The molecule has 4 aromatic rings. The number of hydrogen-bond donors (Lipinski definition) is 0. The molecule has 0 saturated heterocycles. The summed E-state index contributed by atoms with van der Waals surface area (Å²) in [4.78, 5) is 35.0. The minimum atomic E-state index is -0.0788. The van der Waals surface area contributed by atoms with Crippen LogP contribution in [0.2, 0.25) is 0 Å². The second kappa shape index (κ2) is 5.83. The Kier molecular flexibility index (Phi) is 3.78. The van der Waals surface area contributed by atoms with E-state index in [4.69, 9.17) is 0 Å². The molecule has 0 aliphatic heterocycles. The summed E-state index contributed by atoms with van der Waals surface area (Å²) in [7, 11) is 1.71. The van der Waals surface area contributed by atoms with Gasteiger partial charge in [-0.15, -0.1) is 22.7 Å². The summed E-state index contributed by atoms with van der Waals surface area (Å²) in [5.74, 6) is 0.486. The number of thiophene rings is 1. The monoisotopic (exact) mass is 376 g/mol. The maximum absolute atomic E-state index is 12.3. The summed E-state index contributed by atoms with van der Waals surface area (Å²) in [6.07, 6.45) is 0. The van der Waals surface area contributed by atoms with Crippen LogP contribution in [0, 0.1) is 6.92 Å². The van der Waals surface area contributed by atoms with E-state index in [9.17, 15) is 9.59 Å². The number of aromatic nitrogens is 4. The van der Waals surface area contributed by atoms with Gasteiger partial charge in [0.05, 0.1) is 11.1 Å². The number of hydrogen-bond acceptors (Lipinski definition) is 7. The third-order valence-corrected chi connectivity index (χ3v) is 6.46. The Morgan fingerprint density at radius 3 is 2.92 bits per heavy atom. The van der Waals surface area contributed by atoms with Crippen LogP contribution in [-0.2, 0) is 12.8 Å². The molecule has 0 radical (unpaired) electrons. The molecule has 4 rings (SSSR count). The predicted octanol–water partition coefficient (Wildman–Crippen LogP) is 2.67. The SMILES string of the molecule is Cc1csc2nc(CSc3nc4sccc4c(=O)n3C)cc(=O)n12. The molecule has 0 fully saturated rings. The molecule has 9 heteroatoms. The highest BCUT2D eigenvalue weighted by molar-refractivity contribution is 7.98. The minimum absolute atomic E-state index is 0.0545. The quantitative estimate of drug-likeness (QED) is 0.406. The summed E-state index contributed by atoms with van der Waals surface area (Å²) in [6.45, 7) is 1.89. The largest absolute Gasteiger partial charge is 0.290 e. The Bertz CT molecular complexity index is 1190. The van der Waals surface area contributed by atoms with Crippen LogP contribution in [0.15, 0.2) is 37.6 Å². The molecule has 0 unspecified atom stereocenters. The van der Waals surface area contributed by atoms with Gasteiger partial charge in [0.1, 0.15) is 4.83 Å². The van der Waals surface area contributed by atoms with Crippen molar-refractivity contribution in [2.45, 2.75) is 17.8 Å². The molecule has 0 N–H and O–H groups in total. The fraction of sp³-hybridized carbons (Fsp3) is 0.200. The van der Waals surface area contributed by atoms with Gasteiger partial charge in [-0.25, -0.2) is 9.97 Å². The van der Waals surface area contributed by atoms with E-state index in [1.165, 1.54) is 34.4 Å². The standard InChI is InChI=1S/C15H12N4O2S3/c1-8-6-23-15-16-9(5-11(20)19(8)15)7-24-14-17-12-10(3-4-22-12)13(21)18(14)2/h3-6H,7H2,1-2H3. The molecule has 24 heavy (non-hydrogen) atoms. The average Bonchev–Trinajstić information content (AvgIpc) is 3.16. The summed E-state index contributed by atoms with van der Waals surface area (Å²) in [5, 5.41) is 5.04. The van der Waals surface area contributed by atoms with Crippen molar-refractivity contribution < 1.29 is 0 Å². The number of thiazole rings is 1. The number of nitrogens with zero attached hydrogens (tertiary/aromatic N) is 4. The van der Waals surface area contributed by atoms with Gasteiger partial charge in [0, 0.05) is 29.9 Å². The van der Waals surface area contributed by atoms with Crippen LogP contribution >= 0.6 is 34.4 Å². The van der Waals surface area contributed by atoms with E-state index in [1.54, 1.807) is 28.1 Å². The molecular weight excluding hydrogens is 364 g/mol. The fourth-order valence-corrected chi connectivity index (χ4v) is 4.98. The van der Waals surface area contributed by atoms with Crippen molar-refractivity contribution in [1.82, 2.24) is 18.9 Å². The molecule has 0 atom stereocenters. The van der Waals surface area contributed by atoms with E-state index in [1.807, 2.05) is 17.7 Å². The third-order valence-electron chi connectivity index (χ3n) is 3.64. The number of fused-ring (bicyclic) bond motifs is 2. The van der Waals surface area contributed by atoms with Gasteiger partial charge in [0.25, 0.3) is 11.1 Å². The molecule has 4 aromatic heterocycles. The first-order chi connectivity index (χ1) is 11.5. The van der Waals surface area contributed by atoms with Crippen molar-refractivity contribution in [3.8, 4) is 0 Å². The molecule has 6 nitrogen and oxygen atoms in total. The molecule has 0 aliphatic carbocycles. The number of aryl methyl sites for hydroxylation is 1. The van der Waals surface area contributed by atoms with E-state index in [0.717, 1.165) is 10.5 Å². The number of thioether (sulfide) groups is 1. The second-order valence-corrected chi connectivity index (χ2v) is 7.94. The minimum Gasteiger partial charge on any atom is -0.290 e. The van der Waals surface area contributed by atoms with Gasteiger partial charge in [-0.1, -0.05) is 11.8 Å². The lowest BCUT2D eigenvalue weighted by atomic mass is 10.4. The van der Waals surface area contributed by atoms with Crippen molar-refractivity contribution >= 4 is 49.6 Å². The highest BCUT2D eigenvalue weighted by atomic mass is 32.2. The lowest BCUT2D eigenvalue weighted by molar-refractivity contribution is 0.727. The van der Waals surface area contributed by atoms with Gasteiger partial charge in [-0.05, 0) is 18.4 Å². The van der Waals surface area contributed by atoms with Gasteiger partial charge < -0.3 is 0 Å². The van der Waals surface area contributed by atoms with Gasteiger partial charge in [0.15, 0.2) is 10.1 Å². The first-order valence-electron chi connectivity index (χ1n) is 7.08. The molecular formula is C15H12N4O2S3. The molecule has 0 amide bonds. The molecule has 4 heterocycles. The molecule has 0 aliphatic rings. The van der Waals surface area contributed by atoms with Crippen molar-refractivity contribution in [2.24, 2.45) is 7.05 Å². The van der Waals surface area contributed by atoms with Gasteiger partial charge in [-0.3, -0.25) is 18.6 Å². The Balaban J connectivity index is 1.69. The highest BCUT2D eigenvalue weighted by Gasteiger charge is 2.11. The molecule has 122 valence electrons. The van der Waals surface area contributed by atoms with Crippen LogP contribution in [0.1, 0.15) is 11.4 Å². The van der Waals surface area contributed by atoms with Crippen molar-refractivity contribution in [3.63, 3.8) is 0 Å². The summed E-state index contributed by atoms with van der Waals surface area (Å²) in [5.41, 5.74) is 1.44.